The zero-order valence-corrected chi connectivity index (χ0v) is 19.2. The fraction of sp³-hybridized carbons (Fsp3) is 0.240. The van der Waals surface area contributed by atoms with E-state index in [9.17, 15) is 13.2 Å². The number of carbonyl (C=O) groups is 1. The molecule has 0 saturated heterocycles. The van der Waals surface area contributed by atoms with Crippen molar-refractivity contribution >= 4 is 27.3 Å². The summed E-state index contributed by atoms with van der Waals surface area (Å²) in [4.78, 5) is 12.5. The van der Waals surface area contributed by atoms with Crippen LogP contribution in [0.1, 0.15) is 22.3 Å². The highest BCUT2D eigenvalue weighted by Crippen LogP contribution is 2.33. The predicted octanol–water partition coefficient (Wildman–Crippen LogP) is 4.38. The van der Waals surface area contributed by atoms with Crippen LogP contribution in [0.2, 0.25) is 0 Å². The molecule has 3 aromatic carbocycles. The van der Waals surface area contributed by atoms with Crippen LogP contribution in [0.4, 0.5) is 11.4 Å². The third kappa shape index (κ3) is 4.34. The van der Waals surface area contributed by atoms with Gasteiger partial charge in [-0.15, -0.1) is 0 Å². The number of rotatable bonds is 6. The predicted molar refractivity (Wildman–Crippen MR) is 126 cm³/mol. The second kappa shape index (κ2) is 8.67. The maximum atomic E-state index is 13.2. The van der Waals surface area contributed by atoms with Crippen LogP contribution in [0.25, 0.3) is 0 Å². The van der Waals surface area contributed by atoms with E-state index in [0.29, 0.717) is 30.0 Å². The Morgan fingerprint density at radius 3 is 2.50 bits per heavy atom. The number of amides is 1. The van der Waals surface area contributed by atoms with Crippen molar-refractivity contribution in [3.8, 4) is 5.75 Å². The van der Waals surface area contributed by atoms with Crippen LogP contribution in [0.5, 0.6) is 5.75 Å². The first-order valence-electron chi connectivity index (χ1n) is 10.5. The number of nitrogens with one attached hydrogen (secondary N) is 1. The summed E-state index contributed by atoms with van der Waals surface area (Å²) in [6.45, 7) is 6.03. The second-order valence-electron chi connectivity index (χ2n) is 8.02. The van der Waals surface area contributed by atoms with Crippen molar-refractivity contribution in [1.29, 1.82) is 0 Å². The number of ether oxygens (including phenoxy) is 1. The number of para-hydroxylation sites is 1. The van der Waals surface area contributed by atoms with Crippen molar-refractivity contribution in [2.75, 3.05) is 22.8 Å². The van der Waals surface area contributed by atoms with Crippen LogP contribution < -0.4 is 14.4 Å². The van der Waals surface area contributed by atoms with Crippen LogP contribution in [0.15, 0.2) is 65.6 Å². The Hall–Kier alpha value is -3.32. The van der Waals surface area contributed by atoms with Gasteiger partial charge in [0.15, 0.2) is 6.61 Å². The molecule has 0 unspecified atom stereocenters. The smallest absolute Gasteiger partial charge is 0.264 e. The lowest BCUT2D eigenvalue weighted by Gasteiger charge is -2.20. The monoisotopic (exact) mass is 450 g/mol. The second-order valence-corrected chi connectivity index (χ2v) is 9.88. The summed E-state index contributed by atoms with van der Waals surface area (Å²) in [7, 11) is -3.67. The Kier molecular flexibility index (Phi) is 5.93. The summed E-state index contributed by atoms with van der Waals surface area (Å²) in [5.74, 6) is 0.194. The van der Waals surface area contributed by atoms with E-state index in [1.54, 1.807) is 19.1 Å². The van der Waals surface area contributed by atoms with Crippen molar-refractivity contribution in [3.05, 3.63) is 82.9 Å². The SMILES string of the molecule is Cc1ccc(NC(=O)COc2ccc(S(=O)(=O)N3CCc4ccccc43)cc2C)cc1C. The largest absolute Gasteiger partial charge is 0.483 e. The molecule has 1 aliphatic rings. The summed E-state index contributed by atoms with van der Waals surface area (Å²) in [5, 5.41) is 2.82. The average molecular weight is 451 g/mol. The number of hydrogen-bond donors (Lipinski definition) is 1. The molecule has 0 fully saturated rings. The number of carbonyl (C=O) groups excluding carboxylic acids is 1. The van der Waals surface area contributed by atoms with Gasteiger partial charge in [0.2, 0.25) is 0 Å². The van der Waals surface area contributed by atoms with Gasteiger partial charge in [0.1, 0.15) is 5.75 Å². The molecular formula is C25H26N2O4S. The summed E-state index contributed by atoms with van der Waals surface area (Å²) >= 11 is 0. The van der Waals surface area contributed by atoms with Gasteiger partial charge in [-0.3, -0.25) is 9.10 Å². The molecule has 1 amide bonds. The number of fused-ring (bicyclic) bond motifs is 1. The Labute approximate surface area is 188 Å². The number of anilines is 2. The van der Waals surface area contributed by atoms with E-state index in [1.807, 2.05) is 56.3 Å². The van der Waals surface area contributed by atoms with E-state index in [4.69, 9.17) is 4.74 Å². The molecule has 166 valence electrons. The van der Waals surface area contributed by atoms with Gasteiger partial charge in [-0.1, -0.05) is 24.3 Å². The Bertz CT molecular complexity index is 1280. The molecule has 0 saturated carbocycles. The minimum Gasteiger partial charge on any atom is -0.483 e. The number of hydrogen-bond acceptors (Lipinski definition) is 4. The normalized spacial score (nSPS) is 13.0. The molecule has 0 bridgehead atoms. The quantitative estimate of drug-likeness (QED) is 0.605. The first-order chi connectivity index (χ1) is 15.3. The molecule has 32 heavy (non-hydrogen) atoms. The van der Waals surface area contributed by atoms with Crippen molar-refractivity contribution in [2.45, 2.75) is 32.1 Å². The number of benzene rings is 3. The van der Waals surface area contributed by atoms with Crippen molar-refractivity contribution < 1.29 is 17.9 Å². The molecule has 0 aliphatic carbocycles. The zero-order chi connectivity index (χ0) is 22.9. The minimum atomic E-state index is -3.67. The van der Waals surface area contributed by atoms with E-state index in [-0.39, 0.29) is 17.4 Å². The molecule has 4 rings (SSSR count). The minimum absolute atomic E-state index is 0.167. The molecule has 1 heterocycles. The molecular weight excluding hydrogens is 424 g/mol. The van der Waals surface area contributed by atoms with Gasteiger partial charge < -0.3 is 10.1 Å². The fourth-order valence-electron chi connectivity index (χ4n) is 3.79. The highest BCUT2D eigenvalue weighted by atomic mass is 32.2. The van der Waals surface area contributed by atoms with Crippen LogP contribution >= 0.6 is 0 Å². The van der Waals surface area contributed by atoms with Gasteiger partial charge in [-0.2, -0.15) is 0 Å². The van der Waals surface area contributed by atoms with Crippen LogP contribution in [0, 0.1) is 20.8 Å². The van der Waals surface area contributed by atoms with Crippen LogP contribution in [0.3, 0.4) is 0 Å². The molecule has 0 atom stereocenters. The maximum Gasteiger partial charge on any atom is 0.264 e. The Morgan fingerprint density at radius 1 is 0.969 bits per heavy atom. The molecule has 0 spiro atoms. The third-order valence-corrected chi connectivity index (χ3v) is 7.54. The molecule has 3 aromatic rings. The summed E-state index contributed by atoms with van der Waals surface area (Å²) in [5.41, 5.74) is 5.37. The molecule has 1 N–H and O–H groups in total. The number of sulfonamides is 1. The van der Waals surface area contributed by atoms with Gasteiger partial charge in [0.05, 0.1) is 10.6 Å². The molecule has 6 nitrogen and oxygen atoms in total. The molecule has 0 aromatic heterocycles. The van der Waals surface area contributed by atoms with E-state index in [0.717, 1.165) is 22.4 Å². The summed E-state index contributed by atoms with van der Waals surface area (Å²) in [6.07, 6.45) is 0.700. The third-order valence-electron chi connectivity index (χ3n) is 5.73. The van der Waals surface area contributed by atoms with E-state index < -0.39 is 10.0 Å². The lowest BCUT2D eigenvalue weighted by atomic mass is 10.1. The van der Waals surface area contributed by atoms with Gasteiger partial charge in [0, 0.05) is 12.2 Å². The van der Waals surface area contributed by atoms with Crippen molar-refractivity contribution in [2.24, 2.45) is 0 Å². The van der Waals surface area contributed by atoms with E-state index in [2.05, 4.69) is 5.32 Å². The Morgan fingerprint density at radius 2 is 1.75 bits per heavy atom. The highest BCUT2D eigenvalue weighted by molar-refractivity contribution is 7.92. The topological polar surface area (TPSA) is 75.7 Å². The van der Waals surface area contributed by atoms with Crippen LogP contribution in [-0.4, -0.2) is 27.5 Å². The Balaban J connectivity index is 1.44. The van der Waals surface area contributed by atoms with Gasteiger partial charge in [-0.25, -0.2) is 8.42 Å². The standard InChI is InChI=1S/C25H26N2O4S/c1-17-8-9-21(14-18(17)2)26-25(28)16-31-24-11-10-22(15-19(24)3)32(29,30)27-13-12-20-6-4-5-7-23(20)27/h4-11,14-15H,12-13,16H2,1-3H3,(H,26,28). The zero-order valence-electron chi connectivity index (χ0n) is 18.4. The van der Waals surface area contributed by atoms with Gasteiger partial charge in [-0.05, 0) is 85.8 Å². The van der Waals surface area contributed by atoms with E-state index >= 15 is 0 Å². The van der Waals surface area contributed by atoms with Crippen molar-refractivity contribution in [3.63, 3.8) is 0 Å². The summed E-state index contributed by atoms with van der Waals surface area (Å²) in [6, 6.07) is 18.0. The number of aryl methyl sites for hydroxylation is 3. The summed E-state index contributed by atoms with van der Waals surface area (Å²) < 4.78 is 33.5. The number of nitrogens with zero attached hydrogens (tertiary/aromatic N) is 1. The lowest BCUT2D eigenvalue weighted by molar-refractivity contribution is -0.118. The molecule has 0 radical (unpaired) electrons. The van der Waals surface area contributed by atoms with E-state index in [1.165, 1.54) is 10.4 Å². The van der Waals surface area contributed by atoms with Gasteiger partial charge >= 0.3 is 0 Å². The molecule has 1 aliphatic heterocycles. The van der Waals surface area contributed by atoms with Crippen molar-refractivity contribution in [1.82, 2.24) is 0 Å². The van der Waals surface area contributed by atoms with Crippen LogP contribution in [-0.2, 0) is 21.2 Å². The lowest BCUT2D eigenvalue weighted by Crippen LogP contribution is -2.29. The molecule has 7 heteroatoms. The highest BCUT2D eigenvalue weighted by Gasteiger charge is 2.30. The maximum absolute atomic E-state index is 13.2. The van der Waals surface area contributed by atoms with Gasteiger partial charge in [0.25, 0.3) is 15.9 Å². The first kappa shape index (κ1) is 21.9. The average Bonchev–Trinajstić information content (AvgIpc) is 3.20. The fourth-order valence-corrected chi connectivity index (χ4v) is 5.38. The first-order valence-corrected chi connectivity index (χ1v) is 11.9.